The fourth-order valence-electron chi connectivity index (χ4n) is 4.78. The van der Waals surface area contributed by atoms with Crippen LogP contribution in [0.5, 0.6) is 17.2 Å². The first kappa shape index (κ1) is 27.8. The van der Waals surface area contributed by atoms with E-state index in [4.69, 9.17) is 14.2 Å². The number of benzene rings is 3. The molecule has 3 aromatic rings. The Bertz CT molecular complexity index is 1430. The van der Waals surface area contributed by atoms with Crippen molar-refractivity contribution in [3.05, 3.63) is 88.5 Å². The van der Waals surface area contributed by atoms with Crippen LogP contribution >= 0.6 is 0 Å². The molecule has 0 bridgehead atoms. The fourth-order valence-corrected chi connectivity index (χ4v) is 4.78. The highest BCUT2D eigenvalue weighted by atomic mass is 16.5. The number of hydrogen-bond donors (Lipinski definition) is 1. The summed E-state index contributed by atoms with van der Waals surface area (Å²) in [5.41, 5.74) is 3.23. The first-order valence-electron chi connectivity index (χ1n) is 12.9. The minimum Gasteiger partial charge on any atom is -0.507 e. The lowest BCUT2D eigenvalue weighted by Gasteiger charge is -2.26. The molecule has 7 heteroatoms. The zero-order chi connectivity index (χ0) is 28.5. The van der Waals surface area contributed by atoms with E-state index in [9.17, 15) is 14.7 Å². The van der Waals surface area contributed by atoms with Gasteiger partial charge in [-0.1, -0.05) is 39.0 Å². The van der Waals surface area contributed by atoms with Crippen molar-refractivity contribution in [2.24, 2.45) is 0 Å². The summed E-state index contributed by atoms with van der Waals surface area (Å²) in [4.78, 5) is 28.6. The highest BCUT2D eigenvalue weighted by molar-refractivity contribution is 6.51. The molecule has 3 aromatic carbocycles. The van der Waals surface area contributed by atoms with Crippen LogP contribution in [0, 0.1) is 6.92 Å². The largest absolute Gasteiger partial charge is 0.507 e. The third-order valence-corrected chi connectivity index (χ3v) is 6.96. The van der Waals surface area contributed by atoms with Crippen molar-refractivity contribution < 1.29 is 28.9 Å². The number of anilines is 1. The van der Waals surface area contributed by atoms with Gasteiger partial charge in [0.1, 0.15) is 11.5 Å². The van der Waals surface area contributed by atoms with Crippen molar-refractivity contribution in [2.45, 2.75) is 46.1 Å². The lowest BCUT2D eigenvalue weighted by atomic mass is 9.84. The van der Waals surface area contributed by atoms with Crippen LogP contribution in [0.1, 0.15) is 56.0 Å². The third kappa shape index (κ3) is 5.21. The summed E-state index contributed by atoms with van der Waals surface area (Å²) in [7, 11) is 3.10. The van der Waals surface area contributed by atoms with Gasteiger partial charge in [0, 0.05) is 11.3 Å². The van der Waals surface area contributed by atoms with Crippen LogP contribution in [-0.2, 0) is 15.0 Å². The maximum absolute atomic E-state index is 13.6. The molecule has 1 heterocycles. The van der Waals surface area contributed by atoms with Crippen LogP contribution in [0.2, 0.25) is 0 Å². The van der Waals surface area contributed by atoms with Crippen LogP contribution in [0.3, 0.4) is 0 Å². The van der Waals surface area contributed by atoms with Crippen molar-refractivity contribution in [1.82, 2.24) is 0 Å². The summed E-state index contributed by atoms with van der Waals surface area (Å²) in [5.74, 6) is -0.0939. The number of aliphatic hydroxyl groups is 1. The van der Waals surface area contributed by atoms with E-state index in [0.29, 0.717) is 40.7 Å². The van der Waals surface area contributed by atoms with Gasteiger partial charge in [0.2, 0.25) is 0 Å². The number of aliphatic hydroxyl groups excluding tert-OH is 1. The zero-order valence-corrected chi connectivity index (χ0v) is 23.5. The van der Waals surface area contributed by atoms with Gasteiger partial charge in [-0.3, -0.25) is 14.5 Å². The van der Waals surface area contributed by atoms with Crippen LogP contribution < -0.4 is 19.1 Å². The molecule has 204 valence electrons. The Balaban J connectivity index is 1.99. The first-order chi connectivity index (χ1) is 18.5. The van der Waals surface area contributed by atoms with Gasteiger partial charge in [0.05, 0.1) is 32.4 Å². The van der Waals surface area contributed by atoms with E-state index in [2.05, 4.69) is 20.8 Å². The van der Waals surface area contributed by atoms with Gasteiger partial charge in [-0.25, -0.2) is 0 Å². The number of hydrogen-bond acceptors (Lipinski definition) is 6. The molecule has 1 saturated heterocycles. The van der Waals surface area contributed by atoms with Crippen molar-refractivity contribution >= 4 is 23.1 Å². The molecule has 0 radical (unpaired) electrons. The second-order valence-corrected chi connectivity index (χ2v) is 10.5. The minimum atomic E-state index is -0.902. The average Bonchev–Trinajstić information content (AvgIpc) is 3.18. The Kier molecular flexibility index (Phi) is 7.72. The molecule has 1 aliphatic heterocycles. The first-order valence-corrected chi connectivity index (χ1v) is 12.9. The maximum Gasteiger partial charge on any atom is 0.300 e. The normalized spacial score (nSPS) is 16.9. The highest BCUT2D eigenvalue weighted by Crippen LogP contribution is 2.45. The lowest BCUT2D eigenvalue weighted by molar-refractivity contribution is -0.132. The van der Waals surface area contributed by atoms with Crippen molar-refractivity contribution in [2.75, 3.05) is 25.7 Å². The number of nitrogens with zero attached hydrogens (tertiary/aromatic N) is 1. The monoisotopic (exact) mass is 529 g/mol. The van der Waals surface area contributed by atoms with Crippen LogP contribution in [0.25, 0.3) is 5.76 Å². The molecule has 1 amide bonds. The molecule has 0 aromatic heterocycles. The van der Waals surface area contributed by atoms with Gasteiger partial charge < -0.3 is 19.3 Å². The number of rotatable bonds is 7. The Hall–Kier alpha value is -4.26. The standard InChI is InChI=1S/C32H35NO6/c1-8-39-26-17-20(10-16-25(26)38-7)28-27(29(34)24-18-21(32(3,4)5)11-9-19(24)2)30(35)31(36)33(28)22-12-14-23(37-6)15-13-22/h9-18,28,34H,8H2,1-7H3/b29-27+. The van der Waals surface area contributed by atoms with Crippen molar-refractivity contribution in [1.29, 1.82) is 0 Å². The smallest absolute Gasteiger partial charge is 0.300 e. The molecule has 1 N–H and O–H groups in total. The van der Waals surface area contributed by atoms with E-state index in [1.807, 2.05) is 32.0 Å². The van der Waals surface area contributed by atoms with E-state index in [-0.39, 0.29) is 16.7 Å². The molecular formula is C32H35NO6. The van der Waals surface area contributed by atoms with Crippen molar-refractivity contribution in [3.8, 4) is 17.2 Å². The highest BCUT2D eigenvalue weighted by Gasteiger charge is 2.47. The molecule has 39 heavy (non-hydrogen) atoms. The molecule has 7 nitrogen and oxygen atoms in total. The van der Waals surface area contributed by atoms with Gasteiger partial charge in [-0.2, -0.15) is 0 Å². The van der Waals surface area contributed by atoms with Crippen LogP contribution in [0.4, 0.5) is 5.69 Å². The molecular weight excluding hydrogens is 494 g/mol. The zero-order valence-electron chi connectivity index (χ0n) is 23.5. The van der Waals surface area contributed by atoms with Crippen LogP contribution in [0.15, 0.2) is 66.2 Å². The Morgan fingerprint density at radius 1 is 0.923 bits per heavy atom. The van der Waals surface area contributed by atoms with Crippen LogP contribution in [-0.4, -0.2) is 37.6 Å². The van der Waals surface area contributed by atoms with Crippen molar-refractivity contribution in [3.63, 3.8) is 0 Å². The van der Waals surface area contributed by atoms with Gasteiger partial charge in [-0.15, -0.1) is 0 Å². The number of Topliss-reactive ketones (excluding diaryl/α,β-unsaturated/α-hetero) is 1. The topological polar surface area (TPSA) is 85.3 Å². The average molecular weight is 530 g/mol. The second kappa shape index (κ2) is 10.8. The molecule has 1 unspecified atom stereocenters. The summed E-state index contributed by atoms with van der Waals surface area (Å²) < 4.78 is 16.5. The quantitative estimate of drug-likeness (QED) is 0.219. The molecule has 0 spiro atoms. The predicted octanol–water partition coefficient (Wildman–Crippen LogP) is 6.33. The number of methoxy groups -OCH3 is 2. The summed E-state index contributed by atoms with van der Waals surface area (Å²) in [5, 5.41) is 11.7. The van der Waals surface area contributed by atoms with Gasteiger partial charge in [0.25, 0.3) is 11.7 Å². The number of carbonyl (C=O) groups is 2. The Morgan fingerprint density at radius 3 is 2.21 bits per heavy atom. The lowest BCUT2D eigenvalue weighted by Crippen LogP contribution is -2.29. The predicted molar refractivity (Wildman–Crippen MR) is 152 cm³/mol. The Morgan fingerprint density at radius 2 is 1.62 bits per heavy atom. The molecule has 1 aliphatic rings. The van der Waals surface area contributed by atoms with Gasteiger partial charge in [0.15, 0.2) is 11.5 Å². The molecule has 1 fully saturated rings. The summed E-state index contributed by atoms with van der Waals surface area (Å²) in [6.45, 7) is 10.4. The maximum atomic E-state index is 13.6. The van der Waals surface area contributed by atoms with E-state index in [1.54, 1.807) is 56.7 Å². The van der Waals surface area contributed by atoms with Gasteiger partial charge >= 0.3 is 0 Å². The SMILES string of the molecule is CCOc1cc(C2/C(=C(\O)c3cc(C(C)(C)C)ccc3C)C(=O)C(=O)N2c2ccc(OC)cc2)ccc1OC. The minimum absolute atomic E-state index is 0.0117. The third-order valence-electron chi connectivity index (χ3n) is 6.96. The second-order valence-electron chi connectivity index (χ2n) is 10.5. The van der Waals surface area contributed by atoms with E-state index < -0.39 is 17.7 Å². The summed E-state index contributed by atoms with van der Waals surface area (Å²) >= 11 is 0. The van der Waals surface area contributed by atoms with E-state index in [1.165, 1.54) is 4.90 Å². The molecule has 0 saturated carbocycles. The number of aryl methyl sites for hydroxylation is 1. The van der Waals surface area contributed by atoms with E-state index >= 15 is 0 Å². The Labute approximate surface area is 229 Å². The summed E-state index contributed by atoms with van der Waals surface area (Å²) in [6, 6.07) is 17.1. The fraction of sp³-hybridized carbons (Fsp3) is 0.312. The molecule has 1 atom stereocenters. The number of ether oxygens (including phenoxy) is 3. The number of amides is 1. The number of carbonyl (C=O) groups excluding carboxylic acids is 2. The summed E-state index contributed by atoms with van der Waals surface area (Å²) in [6.07, 6.45) is 0. The molecule has 0 aliphatic carbocycles. The van der Waals surface area contributed by atoms with Gasteiger partial charge in [-0.05, 0) is 78.4 Å². The van der Waals surface area contributed by atoms with E-state index in [0.717, 1.165) is 11.1 Å². The molecule has 4 rings (SSSR count). The number of ketones is 1.